The van der Waals surface area contributed by atoms with Gasteiger partial charge in [0.15, 0.2) is 11.4 Å². The molecule has 5 nitrogen and oxygen atoms in total. The number of rotatable bonds is 3. The monoisotopic (exact) mass is 343 g/mol. The van der Waals surface area contributed by atoms with Gasteiger partial charge in [-0.3, -0.25) is 4.79 Å². The highest BCUT2D eigenvalue weighted by Gasteiger charge is 2.17. The molecular formula is C21H17N3O2. The van der Waals surface area contributed by atoms with Crippen molar-refractivity contribution in [2.75, 3.05) is 0 Å². The number of phenols is 1. The lowest BCUT2D eigenvalue weighted by molar-refractivity contribution is 0.103. The minimum atomic E-state index is -0.264. The molecule has 2 heterocycles. The van der Waals surface area contributed by atoms with E-state index in [2.05, 4.69) is 10.1 Å². The maximum absolute atomic E-state index is 12.7. The normalized spacial score (nSPS) is 11.0. The van der Waals surface area contributed by atoms with Crippen LogP contribution in [0.2, 0.25) is 0 Å². The molecule has 2 aromatic heterocycles. The quantitative estimate of drug-likeness (QED) is 0.572. The Hall–Kier alpha value is -3.47. The fourth-order valence-electron chi connectivity index (χ4n) is 3.03. The predicted octanol–water partition coefficient (Wildman–Crippen LogP) is 3.97. The van der Waals surface area contributed by atoms with Crippen molar-refractivity contribution in [2.24, 2.45) is 0 Å². The van der Waals surface area contributed by atoms with Crippen LogP contribution >= 0.6 is 0 Å². The highest BCUT2D eigenvalue weighted by Crippen LogP contribution is 2.24. The van der Waals surface area contributed by atoms with Crippen LogP contribution in [-0.4, -0.2) is 25.7 Å². The molecule has 0 saturated heterocycles. The number of aromatic hydroxyl groups is 1. The molecule has 0 radical (unpaired) electrons. The van der Waals surface area contributed by atoms with Crippen LogP contribution in [0, 0.1) is 13.8 Å². The third kappa shape index (κ3) is 2.63. The van der Waals surface area contributed by atoms with E-state index in [0.717, 1.165) is 22.3 Å². The van der Waals surface area contributed by atoms with Crippen LogP contribution in [0.4, 0.5) is 0 Å². The zero-order valence-corrected chi connectivity index (χ0v) is 14.5. The number of phenolic OH excluding ortho intramolecular Hbond substituents is 1. The highest BCUT2D eigenvalue weighted by molar-refractivity contribution is 6.11. The summed E-state index contributed by atoms with van der Waals surface area (Å²) in [6.07, 6.45) is 1.53. The summed E-state index contributed by atoms with van der Waals surface area (Å²) in [7, 11) is 0. The molecule has 2 aromatic carbocycles. The van der Waals surface area contributed by atoms with E-state index in [4.69, 9.17) is 0 Å². The van der Waals surface area contributed by atoms with Crippen molar-refractivity contribution in [1.29, 1.82) is 0 Å². The molecule has 0 spiro atoms. The number of aryl methyl sites for hydroxylation is 2. The van der Waals surface area contributed by atoms with Gasteiger partial charge in [-0.1, -0.05) is 24.3 Å². The molecular weight excluding hydrogens is 326 g/mol. The fourth-order valence-corrected chi connectivity index (χ4v) is 3.03. The second-order valence-electron chi connectivity index (χ2n) is 6.28. The second kappa shape index (κ2) is 6.11. The number of aromatic nitrogens is 3. The zero-order chi connectivity index (χ0) is 18.3. The molecule has 0 saturated carbocycles. The number of benzene rings is 2. The van der Waals surface area contributed by atoms with Crippen LogP contribution in [0.1, 0.15) is 27.2 Å². The van der Waals surface area contributed by atoms with E-state index in [1.165, 1.54) is 12.3 Å². The van der Waals surface area contributed by atoms with Crippen LogP contribution in [-0.2, 0) is 0 Å². The Morgan fingerprint density at radius 1 is 1.04 bits per heavy atom. The van der Waals surface area contributed by atoms with Crippen LogP contribution in [0.15, 0.2) is 60.8 Å². The lowest BCUT2D eigenvalue weighted by atomic mass is 10.0. The molecule has 0 aliphatic heterocycles. The third-order valence-corrected chi connectivity index (χ3v) is 4.36. The lowest BCUT2D eigenvalue weighted by Crippen LogP contribution is -2.03. The van der Waals surface area contributed by atoms with Crippen molar-refractivity contribution in [3.63, 3.8) is 0 Å². The minimum Gasteiger partial charge on any atom is -0.507 e. The summed E-state index contributed by atoms with van der Waals surface area (Å²) in [5, 5.41) is 15.3. The van der Waals surface area contributed by atoms with E-state index >= 15 is 0 Å². The topological polar surface area (TPSA) is 68.0 Å². The number of ketones is 1. The Labute approximate surface area is 150 Å². The standard InChI is InChI=1S/C21H17N3O2/c1-13-6-5-7-16(10-13)24-21-18(14(2)23-24)11-15(12-22-21)20(26)17-8-3-4-9-19(17)25/h3-12,25H,1-2H3. The Morgan fingerprint density at radius 3 is 2.62 bits per heavy atom. The number of hydrogen-bond acceptors (Lipinski definition) is 4. The lowest BCUT2D eigenvalue weighted by Gasteiger charge is -2.05. The summed E-state index contributed by atoms with van der Waals surface area (Å²) in [5.74, 6) is -0.301. The first kappa shape index (κ1) is 16.0. The number of hydrogen-bond donors (Lipinski definition) is 1. The first-order valence-electron chi connectivity index (χ1n) is 8.30. The van der Waals surface area contributed by atoms with Gasteiger partial charge in [0.05, 0.1) is 16.9 Å². The highest BCUT2D eigenvalue weighted by atomic mass is 16.3. The van der Waals surface area contributed by atoms with Crippen LogP contribution in [0.3, 0.4) is 0 Å². The van der Waals surface area contributed by atoms with E-state index < -0.39 is 0 Å². The Kier molecular flexibility index (Phi) is 3.77. The van der Waals surface area contributed by atoms with E-state index in [9.17, 15) is 9.90 Å². The Balaban J connectivity index is 1.83. The molecule has 0 bridgehead atoms. The van der Waals surface area contributed by atoms with Crippen molar-refractivity contribution < 1.29 is 9.90 Å². The van der Waals surface area contributed by atoms with E-state index in [1.54, 1.807) is 28.9 Å². The summed E-state index contributed by atoms with van der Waals surface area (Å²) >= 11 is 0. The van der Waals surface area contributed by atoms with Crippen molar-refractivity contribution >= 4 is 16.8 Å². The van der Waals surface area contributed by atoms with Crippen LogP contribution < -0.4 is 0 Å². The first-order valence-corrected chi connectivity index (χ1v) is 8.30. The molecule has 26 heavy (non-hydrogen) atoms. The molecule has 0 atom stereocenters. The van der Waals surface area contributed by atoms with E-state index in [0.29, 0.717) is 11.2 Å². The number of fused-ring (bicyclic) bond motifs is 1. The van der Waals surface area contributed by atoms with Gasteiger partial charge in [-0.15, -0.1) is 0 Å². The average Bonchev–Trinajstić information content (AvgIpc) is 2.98. The molecule has 5 heteroatoms. The number of para-hydroxylation sites is 1. The van der Waals surface area contributed by atoms with Crippen molar-refractivity contribution in [3.05, 3.63) is 83.2 Å². The van der Waals surface area contributed by atoms with Crippen molar-refractivity contribution in [2.45, 2.75) is 13.8 Å². The molecule has 4 rings (SSSR count). The number of pyridine rings is 1. The maximum atomic E-state index is 12.7. The fraction of sp³-hybridized carbons (Fsp3) is 0.0952. The molecule has 1 N–H and O–H groups in total. The Morgan fingerprint density at radius 2 is 1.85 bits per heavy atom. The zero-order valence-electron chi connectivity index (χ0n) is 14.5. The summed E-state index contributed by atoms with van der Waals surface area (Å²) in [6, 6.07) is 16.3. The minimum absolute atomic E-state index is 0.0372. The molecule has 0 fully saturated rings. The van der Waals surface area contributed by atoms with E-state index in [-0.39, 0.29) is 17.1 Å². The van der Waals surface area contributed by atoms with Crippen LogP contribution in [0.25, 0.3) is 16.7 Å². The van der Waals surface area contributed by atoms with Crippen LogP contribution in [0.5, 0.6) is 5.75 Å². The maximum Gasteiger partial charge on any atom is 0.198 e. The van der Waals surface area contributed by atoms with Gasteiger partial charge in [0, 0.05) is 17.1 Å². The predicted molar refractivity (Wildman–Crippen MR) is 99.9 cm³/mol. The smallest absolute Gasteiger partial charge is 0.198 e. The Bertz CT molecular complexity index is 1150. The van der Waals surface area contributed by atoms with E-state index in [1.807, 2.05) is 38.1 Å². The molecule has 128 valence electrons. The SMILES string of the molecule is Cc1cccc(-n2nc(C)c3cc(C(=O)c4ccccc4O)cnc32)c1. The third-order valence-electron chi connectivity index (χ3n) is 4.36. The summed E-state index contributed by atoms with van der Waals surface area (Å²) in [6.45, 7) is 3.92. The van der Waals surface area contributed by atoms with Gasteiger partial charge in [0.2, 0.25) is 0 Å². The summed E-state index contributed by atoms with van der Waals surface area (Å²) < 4.78 is 1.78. The number of carbonyl (C=O) groups is 1. The average molecular weight is 343 g/mol. The first-order chi connectivity index (χ1) is 12.5. The van der Waals surface area contributed by atoms with Gasteiger partial charge in [-0.05, 0) is 49.7 Å². The van der Waals surface area contributed by atoms with Gasteiger partial charge in [-0.2, -0.15) is 5.10 Å². The molecule has 4 aromatic rings. The summed E-state index contributed by atoms with van der Waals surface area (Å²) in [5.41, 5.74) is 4.23. The number of carbonyl (C=O) groups excluding carboxylic acids is 1. The van der Waals surface area contributed by atoms with Gasteiger partial charge < -0.3 is 5.11 Å². The van der Waals surface area contributed by atoms with Gasteiger partial charge in [0.1, 0.15) is 5.75 Å². The molecule has 0 aliphatic rings. The van der Waals surface area contributed by atoms with Gasteiger partial charge in [0.25, 0.3) is 0 Å². The largest absolute Gasteiger partial charge is 0.507 e. The number of nitrogens with zero attached hydrogens (tertiary/aromatic N) is 3. The van der Waals surface area contributed by atoms with Gasteiger partial charge >= 0.3 is 0 Å². The molecule has 0 aliphatic carbocycles. The molecule has 0 unspecified atom stereocenters. The molecule has 0 amide bonds. The van der Waals surface area contributed by atoms with Gasteiger partial charge in [-0.25, -0.2) is 9.67 Å². The van der Waals surface area contributed by atoms with Crippen molar-refractivity contribution in [3.8, 4) is 11.4 Å². The summed E-state index contributed by atoms with van der Waals surface area (Å²) in [4.78, 5) is 17.2. The van der Waals surface area contributed by atoms with Crippen molar-refractivity contribution in [1.82, 2.24) is 14.8 Å². The second-order valence-corrected chi connectivity index (χ2v) is 6.28.